The summed E-state index contributed by atoms with van der Waals surface area (Å²) in [5, 5.41) is 23.9. The number of ketones is 2. The maximum atomic E-state index is 14.4. The number of carboxylic acid groups (broad SMARTS) is 1. The third kappa shape index (κ3) is 69.7. The predicted molar refractivity (Wildman–Crippen MR) is 555 cm³/mol. The van der Waals surface area contributed by atoms with E-state index in [1.807, 2.05) is 52.0 Å². The minimum Gasteiger partial charge on any atom is -0.495 e. The van der Waals surface area contributed by atoms with E-state index in [1.165, 1.54) is 13.2 Å². The molecule has 2 aromatic rings. The Labute approximate surface area is 893 Å². The predicted octanol–water partition coefficient (Wildman–Crippen LogP) is 7.65. The smallest absolute Gasteiger partial charge is 0.328 e. The second kappa shape index (κ2) is 88.0. The second-order valence-electron chi connectivity index (χ2n) is 37.8. The number of aryl methyl sites for hydroxylation is 1. The minimum atomic E-state index is -1.25. The van der Waals surface area contributed by atoms with Crippen molar-refractivity contribution in [1.82, 2.24) is 26.6 Å². The molecule has 1 fully saturated rings. The van der Waals surface area contributed by atoms with Crippen LogP contribution in [0.1, 0.15) is 156 Å². The van der Waals surface area contributed by atoms with Crippen LogP contribution in [0.5, 0.6) is 5.75 Å². The van der Waals surface area contributed by atoms with Crippen LogP contribution in [0.25, 0.3) is 0 Å². The molecule has 0 unspecified atom stereocenters. The molecule has 6 N–H and O–H groups in total. The number of carboxylic acids is 1. The highest BCUT2D eigenvalue weighted by Gasteiger charge is 2.48. The molecule has 9 atom stereocenters. The molecule has 2 aromatic carbocycles. The summed E-state index contributed by atoms with van der Waals surface area (Å²) in [6.07, 6.45) is 3.27. The van der Waals surface area contributed by atoms with Crippen LogP contribution >= 0.6 is 11.6 Å². The van der Waals surface area contributed by atoms with Crippen LogP contribution in [-0.4, -0.2) is 426 Å². The van der Waals surface area contributed by atoms with Crippen LogP contribution in [0.4, 0.5) is 0 Å². The molecule has 0 bridgehead atoms. The Morgan fingerprint density at radius 2 is 0.860 bits per heavy atom. The van der Waals surface area contributed by atoms with Crippen LogP contribution in [0, 0.1) is 28.6 Å². The maximum absolute atomic E-state index is 14.4. The molecule has 2 aliphatic heterocycles. The lowest BCUT2D eigenvalue weighted by Gasteiger charge is -2.35. The minimum absolute atomic E-state index is 0.0599. The van der Waals surface area contributed by atoms with Crippen LogP contribution in [0.15, 0.2) is 54.6 Å². The number of rotatable bonds is 97. The standard InChI is InChI=1S/C107H180ClN5O37/c1-82(2)100(113-98(118)19-15-20-99(119)120)93(115)80-88(92(114)27-23-85-21-25-87(26-22-85)102-101(150-102)83(3)94-17-14-18-97(117)111-90(79-86-24-28-95(125-11)89(108)78-86)103(121)110-84(4)107(8,9)105(123)112-91(104(122)149-94)81-106(5,6)7)16-12-13-30-109-96(116)29-31-126-34-35-128-38-39-130-42-43-132-46-47-134-50-51-136-54-55-138-58-59-140-62-63-142-66-67-144-70-71-146-74-75-148-77-76-147-73-72-145-69-68-143-65-64-141-61-60-139-57-56-137-53-52-135-49-48-133-45-44-131-41-40-129-37-36-127-33-32-124-10/h14,18,21-22,24-26,28,78,82-84,88,90-91,94,100-102H,12-13,15-17,19-20,23,27,29-77,79-81H2,1-11H3,(H,109,116)(H,110,121)(H,111,117)(H,112,123)(H,113,118)(H,119,120)/b18-14+/t83-,84-,88+,90+,91-,94-,100-,101+,102+/m0/s1. The molecule has 0 aromatic heterocycles. The average Bonchev–Trinajstić information content (AvgIpc) is 1.63. The van der Waals surface area contributed by atoms with E-state index in [2.05, 4.69) is 26.6 Å². The van der Waals surface area contributed by atoms with Gasteiger partial charge in [0.1, 0.15) is 35.8 Å². The molecule has 4 rings (SSSR count). The molecule has 5 amide bonds. The Morgan fingerprint density at radius 3 is 1.23 bits per heavy atom. The molecule has 862 valence electrons. The van der Waals surface area contributed by atoms with Gasteiger partial charge in [0, 0.05) is 76.5 Å². The summed E-state index contributed by atoms with van der Waals surface area (Å²) in [6, 6.07) is 8.90. The Bertz CT molecular complexity index is 3860. The summed E-state index contributed by atoms with van der Waals surface area (Å²) in [5.41, 5.74) is 0.648. The van der Waals surface area contributed by atoms with Gasteiger partial charge in [-0.05, 0) is 99.1 Å². The molecule has 0 saturated carbocycles. The van der Waals surface area contributed by atoms with Gasteiger partial charge < -0.3 is 160 Å². The van der Waals surface area contributed by atoms with E-state index in [9.17, 15) is 43.2 Å². The van der Waals surface area contributed by atoms with Gasteiger partial charge in [-0.3, -0.25) is 38.4 Å². The van der Waals surface area contributed by atoms with Gasteiger partial charge in [0.25, 0.3) is 0 Å². The van der Waals surface area contributed by atoms with E-state index in [-0.39, 0.29) is 94.4 Å². The summed E-state index contributed by atoms with van der Waals surface area (Å²) in [6.45, 7) is 37.9. The van der Waals surface area contributed by atoms with Crippen LogP contribution in [0.2, 0.25) is 5.02 Å². The van der Waals surface area contributed by atoms with Crippen LogP contribution in [0.3, 0.4) is 0 Å². The number of amides is 5. The molecule has 0 radical (unpaired) electrons. The lowest BCUT2D eigenvalue weighted by molar-refractivity contribution is -0.157. The lowest BCUT2D eigenvalue weighted by atomic mass is 9.82. The molecular formula is C107H180ClN5O37. The Morgan fingerprint density at radius 1 is 0.467 bits per heavy atom. The second-order valence-corrected chi connectivity index (χ2v) is 38.2. The van der Waals surface area contributed by atoms with Crippen LogP contribution in [-0.2, 0) is 179 Å². The van der Waals surface area contributed by atoms with Gasteiger partial charge in [0.05, 0.1) is 340 Å². The number of aliphatic carboxylic acids is 1. The lowest BCUT2D eigenvalue weighted by Crippen LogP contribution is -2.58. The van der Waals surface area contributed by atoms with E-state index in [0.717, 1.165) is 11.1 Å². The molecule has 1 saturated heterocycles. The number of hydrogen-bond acceptors (Lipinski definition) is 36. The SMILES string of the molecule is COCCOCCOCCOCCOCCOCCOCCOCCOCCOCCOCCOCCOCCOCCOCCOCCOCCOCCOCCOCCOCCOCCOCCOCCC(=O)NCCCC[C@H](CC(=O)[C@@H](NC(=O)CCCC(=O)O)C(C)C)C(=O)CCc1ccc([C@H]2O[C@@H]2[C@@H](C)[C@@H]2C/C=C/C(=O)N[C@H](Cc3ccc(OC)c(Cl)c3)C(=O)N[C@@H](C)C(C)(C)C(=O)N[C@@H](CC(C)(C)C)C(=O)O2)cc1. The number of epoxide rings is 1. The van der Waals surface area contributed by atoms with Crippen molar-refractivity contribution in [3.8, 4) is 5.75 Å². The number of cyclic esters (lactones) is 1. The van der Waals surface area contributed by atoms with Crippen molar-refractivity contribution >= 4 is 64.6 Å². The number of carbonyl (C=O) groups is 9. The number of nitrogens with one attached hydrogen (secondary N) is 5. The van der Waals surface area contributed by atoms with E-state index in [0.29, 0.717) is 346 Å². The molecule has 43 heteroatoms. The molecule has 0 aliphatic carbocycles. The monoisotopic (exact) mass is 2160 g/mol. The Kier molecular flexibility index (Phi) is 79.3. The number of methoxy groups -OCH3 is 2. The topological polar surface area (TPSA) is 487 Å². The number of carbonyl (C=O) groups excluding carboxylic acids is 8. The number of esters is 1. The molecule has 0 spiro atoms. The third-order valence-electron chi connectivity index (χ3n) is 23.6. The Hall–Kier alpha value is -7.10. The van der Waals surface area contributed by atoms with Gasteiger partial charge in [-0.25, -0.2) is 4.79 Å². The van der Waals surface area contributed by atoms with Gasteiger partial charge in [-0.2, -0.15) is 0 Å². The molecule has 2 heterocycles. The van der Waals surface area contributed by atoms with E-state index < -0.39 is 101 Å². The van der Waals surface area contributed by atoms with E-state index in [1.54, 1.807) is 66.0 Å². The zero-order valence-electron chi connectivity index (χ0n) is 91.1. The summed E-state index contributed by atoms with van der Waals surface area (Å²) in [7, 11) is 3.13. The van der Waals surface area contributed by atoms with Crippen molar-refractivity contribution in [1.29, 1.82) is 0 Å². The number of Topliss-reactive ketones (excluding diaryl/α,β-unsaturated/α-hetero) is 2. The van der Waals surface area contributed by atoms with Crippen molar-refractivity contribution in [2.45, 2.75) is 188 Å². The fourth-order valence-electron chi connectivity index (χ4n) is 14.7. The number of unbranched alkanes of at least 4 members (excludes halogenated alkanes) is 1. The number of halogens is 1. The first kappa shape index (κ1) is 135. The van der Waals surface area contributed by atoms with Gasteiger partial charge >= 0.3 is 11.9 Å². The normalized spacial score (nSPS) is 17.5. The van der Waals surface area contributed by atoms with E-state index in [4.69, 9.17) is 145 Å². The van der Waals surface area contributed by atoms with Crippen molar-refractivity contribution in [2.75, 3.05) is 331 Å². The number of hydrogen-bond donors (Lipinski definition) is 6. The first-order chi connectivity index (χ1) is 72.6. The number of ether oxygens (including phenoxy) is 27. The first-order valence-electron chi connectivity index (χ1n) is 53.1. The third-order valence-corrected chi connectivity index (χ3v) is 23.9. The van der Waals surface area contributed by atoms with Crippen molar-refractivity contribution in [3.05, 3.63) is 76.3 Å². The van der Waals surface area contributed by atoms with Gasteiger partial charge in [0.15, 0.2) is 5.78 Å². The number of benzene rings is 2. The highest BCUT2D eigenvalue weighted by Crippen LogP contribution is 2.45. The van der Waals surface area contributed by atoms with Crippen molar-refractivity contribution in [2.24, 2.45) is 28.6 Å². The fourth-order valence-corrected chi connectivity index (χ4v) is 15.0. The molecule has 2 aliphatic rings. The summed E-state index contributed by atoms with van der Waals surface area (Å²) < 4.78 is 150. The molecule has 150 heavy (non-hydrogen) atoms. The quantitative estimate of drug-likeness (QED) is 0.0210. The van der Waals surface area contributed by atoms with Crippen LogP contribution < -0.4 is 31.3 Å². The maximum Gasteiger partial charge on any atom is 0.328 e. The molecular weight excluding hydrogens is 1980 g/mol. The van der Waals surface area contributed by atoms with Gasteiger partial charge in [-0.15, -0.1) is 0 Å². The van der Waals surface area contributed by atoms with Gasteiger partial charge in [0.2, 0.25) is 29.5 Å². The van der Waals surface area contributed by atoms with E-state index >= 15 is 0 Å². The first-order valence-corrected chi connectivity index (χ1v) is 53.5. The zero-order valence-corrected chi connectivity index (χ0v) is 91.9. The largest absolute Gasteiger partial charge is 0.495 e. The Balaban J connectivity index is 0.942. The summed E-state index contributed by atoms with van der Waals surface area (Å²) in [4.78, 5) is 122. The fraction of sp³-hybridized carbons (Fsp3) is 0.785. The molecule has 42 nitrogen and oxygen atoms in total. The highest BCUT2D eigenvalue weighted by molar-refractivity contribution is 6.32. The zero-order chi connectivity index (χ0) is 109. The van der Waals surface area contributed by atoms with Crippen molar-refractivity contribution in [3.63, 3.8) is 0 Å². The average molecular weight is 2160 g/mol. The highest BCUT2D eigenvalue weighted by atomic mass is 35.5. The summed E-state index contributed by atoms with van der Waals surface area (Å²) >= 11 is 6.47. The summed E-state index contributed by atoms with van der Waals surface area (Å²) in [5.74, 6) is -5.40. The van der Waals surface area contributed by atoms with Crippen molar-refractivity contribution < 1.29 is 176 Å². The van der Waals surface area contributed by atoms with Gasteiger partial charge in [-0.1, -0.05) is 96.0 Å².